The number of hydrogen-bond acceptors (Lipinski definition) is 5. The van der Waals surface area contributed by atoms with Gasteiger partial charge in [0.05, 0.1) is 12.1 Å². The smallest absolute Gasteiger partial charge is 0.254 e. The van der Waals surface area contributed by atoms with Gasteiger partial charge in [-0.2, -0.15) is 0 Å². The first-order valence-corrected chi connectivity index (χ1v) is 9.58. The van der Waals surface area contributed by atoms with Crippen molar-refractivity contribution in [2.75, 3.05) is 0 Å². The molecular formula is C22H22N4O3. The predicted molar refractivity (Wildman–Crippen MR) is 108 cm³/mol. The highest BCUT2D eigenvalue weighted by Gasteiger charge is 2.31. The van der Waals surface area contributed by atoms with Crippen LogP contribution in [0, 0.1) is 6.92 Å². The van der Waals surface area contributed by atoms with Crippen LogP contribution < -0.4 is 10.9 Å². The summed E-state index contributed by atoms with van der Waals surface area (Å²) in [7, 11) is 0. The van der Waals surface area contributed by atoms with E-state index in [2.05, 4.69) is 20.3 Å². The Morgan fingerprint density at radius 1 is 1.24 bits per heavy atom. The molecule has 1 aromatic carbocycles. The van der Waals surface area contributed by atoms with E-state index in [-0.39, 0.29) is 24.3 Å². The number of aryl methyl sites for hydroxylation is 1. The lowest BCUT2D eigenvalue weighted by molar-refractivity contribution is -0.122. The zero-order valence-corrected chi connectivity index (χ0v) is 16.1. The second-order valence-electron chi connectivity index (χ2n) is 7.23. The van der Waals surface area contributed by atoms with Gasteiger partial charge in [0, 0.05) is 42.1 Å². The van der Waals surface area contributed by atoms with Crippen LogP contribution in [0.25, 0.3) is 11.4 Å². The molecule has 148 valence electrons. The lowest BCUT2D eigenvalue weighted by atomic mass is 10.1. The summed E-state index contributed by atoms with van der Waals surface area (Å²) in [5.74, 6) is 0.275. The zero-order chi connectivity index (χ0) is 20.4. The molecule has 0 radical (unpaired) electrons. The van der Waals surface area contributed by atoms with Gasteiger partial charge in [0.2, 0.25) is 5.91 Å². The number of pyridine rings is 1. The molecule has 7 heteroatoms. The lowest BCUT2D eigenvalue weighted by Crippen LogP contribution is -2.34. The van der Waals surface area contributed by atoms with E-state index in [9.17, 15) is 14.7 Å². The number of aromatic nitrogens is 3. The van der Waals surface area contributed by atoms with E-state index >= 15 is 0 Å². The number of aliphatic hydroxyl groups excluding tert-OH is 1. The summed E-state index contributed by atoms with van der Waals surface area (Å²) in [5.41, 5.74) is 3.62. The number of carbonyl (C=O) groups is 1. The standard InChI is InChI=1S/C22H22N4O3/c1-13-16(22(29)26-21(24-13)14-8-10-23-11-9-14)6-7-19(28)25-20-17-5-3-2-4-15(17)12-18(20)27/h2-5,8-11,18,20,27H,6-7,12H2,1H3,(H,25,28)(H,24,26,29)/t18-,20+/m1/s1. The third-order valence-corrected chi connectivity index (χ3v) is 5.30. The molecule has 1 aliphatic carbocycles. The predicted octanol–water partition coefficient (Wildman–Crippen LogP) is 1.85. The largest absolute Gasteiger partial charge is 0.390 e. The van der Waals surface area contributed by atoms with Gasteiger partial charge >= 0.3 is 0 Å². The molecule has 7 nitrogen and oxygen atoms in total. The number of fused-ring (bicyclic) bond motifs is 1. The number of H-pyrrole nitrogens is 1. The molecule has 2 atom stereocenters. The molecule has 3 N–H and O–H groups in total. The van der Waals surface area contributed by atoms with E-state index < -0.39 is 12.1 Å². The Morgan fingerprint density at radius 3 is 2.76 bits per heavy atom. The van der Waals surface area contributed by atoms with Gasteiger partial charge in [0.25, 0.3) is 5.56 Å². The summed E-state index contributed by atoms with van der Waals surface area (Å²) in [6, 6.07) is 10.8. The first-order valence-electron chi connectivity index (χ1n) is 9.58. The summed E-state index contributed by atoms with van der Waals surface area (Å²) in [6.07, 6.45) is 3.59. The van der Waals surface area contributed by atoms with Crippen molar-refractivity contribution in [2.45, 2.75) is 38.3 Å². The van der Waals surface area contributed by atoms with Crippen LogP contribution in [0.1, 0.15) is 34.8 Å². The Morgan fingerprint density at radius 2 is 2.00 bits per heavy atom. The van der Waals surface area contributed by atoms with Crippen molar-refractivity contribution in [3.05, 3.63) is 81.5 Å². The summed E-state index contributed by atoms with van der Waals surface area (Å²) in [5, 5.41) is 13.2. The third-order valence-electron chi connectivity index (χ3n) is 5.30. The van der Waals surface area contributed by atoms with E-state index in [1.165, 1.54) is 0 Å². The highest BCUT2D eigenvalue weighted by Crippen LogP contribution is 2.31. The SMILES string of the molecule is Cc1nc(-c2ccncc2)[nH]c(=O)c1CCC(=O)N[C@H]1c2ccccc2C[C@H]1O. The third kappa shape index (κ3) is 3.95. The van der Waals surface area contributed by atoms with Gasteiger partial charge in [-0.25, -0.2) is 4.98 Å². The van der Waals surface area contributed by atoms with Crippen molar-refractivity contribution in [2.24, 2.45) is 0 Å². The van der Waals surface area contributed by atoms with Crippen LogP contribution in [-0.2, 0) is 17.6 Å². The molecule has 3 aromatic rings. The van der Waals surface area contributed by atoms with Gasteiger partial charge < -0.3 is 15.4 Å². The number of hydrogen-bond donors (Lipinski definition) is 3. The molecule has 1 aliphatic rings. The number of nitrogens with zero attached hydrogens (tertiary/aromatic N) is 2. The highest BCUT2D eigenvalue weighted by molar-refractivity contribution is 5.77. The fraction of sp³-hybridized carbons (Fsp3) is 0.273. The Balaban J connectivity index is 1.44. The van der Waals surface area contributed by atoms with Crippen LogP contribution in [0.4, 0.5) is 0 Å². The molecule has 0 unspecified atom stereocenters. The van der Waals surface area contributed by atoms with Gasteiger partial charge in [-0.1, -0.05) is 24.3 Å². The fourth-order valence-corrected chi connectivity index (χ4v) is 3.78. The average Bonchev–Trinajstić information content (AvgIpc) is 3.03. The van der Waals surface area contributed by atoms with Crippen LogP contribution >= 0.6 is 0 Å². The molecule has 2 aromatic heterocycles. The second-order valence-corrected chi connectivity index (χ2v) is 7.23. The van der Waals surface area contributed by atoms with Crippen molar-refractivity contribution < 1.29 is 9.90 Å². The van der Waals surface area contributed by atoms with Crippen molar-refractivity contribution in [3.63, 3.8) is 0 Å². The van der Waals surface area contributed by atoms with Crippen LogP contribution in [0.2, 0.25) is 0 Å². The van der Waals surface area contributed by atoms with Gasteiger partial charge in [0.15, 0.2) is 0 Å². The maximum atomic E-state index is 12.5. The van der Waals surface area contributed by atoms with E-state index in [1.54, 1.807) is 31.5 Å². The second kappa shape index (κ2) is 7.97. The molecule has 0 saturated heterocycles. The molecule has 29 heavy (non-hydrogen) atoms. The van der Waals surface area contributed by atoms with Gasteiger partial charge in [0.1, 0.15) is 5.82 Å². The van der Waals surface area contributed by atoms with Gasteiger partial charge in [-0.15, -0.1) is 0 Å². The zero-order valence-electron chi connectivity index (χ0n) is 16.1. The van der Waals surface area contributed by atoms with Crippen LogP contribution in [0.5, 0.6) is 0 Å². The summed E-state index contributed by atoms with van der Waals surface area (Å²) < 4.78 is 0. The Hall–Kier alpha value is -3.32. The molecule has 4 rings (SSSR count). The first kappa shape index (κ1) is 19.0. The Labute approximate surface area is 167 Å². The summed E-state index contributed by atoms with van der Waals surface area (Å²) in [4.78, 5) is 36.2. The maximum Gasteiger partial charge on any atom is 0.254 e. The molecule has 0 fully saturated rings. The Kier molecular flexibility index (Phi) is 5.22. The van der Waals surface area contributed by atoms with Crippen LogP contribution in [0.3, 0.4) is 0 Å². The average molecular weight is 390 g/mol. The molecule has 0 bridgehead atoms. The number of rotatable bonds is 5. The monoisotopic (exact) mass is 390 g/mol. The van der Waals surface area contributed by atoms with Crippen LogP contribution in [0.15, 0.2) is 53.6 Å². The topological polar surface area (TPSA) is 108 Å². The minimum atomic E-state index is -0.636. The first-order chi connectivity index (χ1) is 14.0. The quantitative estimate of drug-likeness (QED) is 0.616. The number of aliphatic hydroxyl groups is 1. The Bertz CT molecular complexity index is 1090. The van der Waals surface area contributed by atoms with Gasteiger partial charge in [-0.05, 0) is 36.6 Å². The van der Waals surface area contributed by atoms with E-state index in [0.717, 1.165) is 16.7 Å². The molecule has 0 saturated carbocycles. The van der Waals surface area contributed by atoms with Gasteiger partial charge in [-0.3, -0.25) is 14.6 Å². The van der Waals surface area contributed by atoms with E-state index in [4.69, 9.17) is 0 Å². The number of amides is 1. The minimum absolute atomic E-state index is 0.144. The molecule has 2 heterocycles. The molecule has 1 amide bonds. The minimum Gasteiger partial charge on any atom is -0.390 e. The molecule has 0 aliphatic heterocycles. The van der Waals surface area contributed by atoms with E-state index in [0.29, 0.717) is 23.5 Å². The maximum absolute atomic E-state index is 12.5. The van der Waals surface area contributed by atoms with Crippen molar-refractivity contribution in [1.82, 2.24) is 20.3 Å². The fourth-order valence-electron chi connectivity index (χ4n) is 3.78. The lowest BCUT2D eigenvalue weighted by Gasteiger charge is -2.18. The van der Waals surface area contributed by atoms with Crippen molar-refractivity contribution >= 4 is 5.91 Å². The van der Waals surface area contributed by atoms with Crippen molar-refractivity contribution in [3.8, 4) is 11.4 Å². The number of carbonyl (C=O) groups excluding carboxylic acids is 1. The number of nitrogens with one attached hydrogen (secondary N) is 2. The summed E-state index contributed by atoms with van der Waals surface area (Å²) >= 11 is 0. The summed E-state index contributed by atoms with van der Waals surface area (Å²) in [6.45, 7) is 1.77. The number of benzene rings is 1. The van der Waals surface area contributed by atoms with Crippen LogP contribution in [-0.4, -0.2) is 32.1 Å². The van der Waals surface area contributed by atoms with Crippen molar-refractivity contribution in [1.29, 1.82) is 0 Å². The van der Waals surface area contributed by atoms with E-state index in [1.807, 2.05) is 24.3 Å². The highest BCUT2D eigenvalue weighted by atomic mass is 16.3. The normalized spacial score (nSPS) is 17.7. The number of aromatic amines is 1. The molecular weight excluding hydrogens is 368 g/mol. The molecule has 0 spiro atoms.